The standard InChI is InChI=1S/C15H23N4O6S2/c1-16(20)14-3-2-4-15(13-14)26(21,22)17-5-7-18(8-6-17)27(23,24)19-9-11-25-12-10-19/h2-4,13H,5-12H2,1H3/q+1. The fourth-order valence-corrected chi connectivity index (χ4v) is 6.09. The van der Waals surface area contributed by atoms with Crippen LogP contribution in [0.1, 0.15) is 0 Å². The number of nitrogens with zero attached hydrogens (tertiary/aromatic N) is 4. The van der Waals surface area contributed by atoms with Crippen LogP contribution in [-0.4, -0.2) is 94.0 Å². The molecule has 150 valence electrons. The van der Waals surface area contributed by atoms with Crippen molar-refractivity contribution in [2.45, 2.75) is 4.90 Å². The number of hydrogen-bond acceptors (Lipinski definition) is 6. The summed E-state index contributed by atoms with van der Waals surface area (Å²) in [5.74, 6) is 0. The zero-order chi connectivity index (χ0) is 19.7. The van der Waals surface area contributed by atoms with Crippen LogP contribution in [0, 0.1) is 4.91 Å². The van der Waals surface area contributed by atoms with E-state index in [1.165, 1.54) is 44.2 Å². The zero-order valence-electron chi connectivity index (χ0n) is 15.0. The normalized spacial score (nSPS) is 21.2. The van der Waals surface area contributed by atoms with Crippen molar-refractivity contribution in [3.63, 3.8) is 0 Å². The van der Waals surface area contributed by atoms with Crippen molar-refractivity contribution >= 4 is 25.9 Å². The Morgan fingerprint density at radius 1 is 0.889 bits per heavy atom. The van der Waals surface area contributed by atoms with E-state index in [1.807, 2.05) is 0 Å². The van der Waals surface area contributed by atoms with Crippen molar-refractivity contribution in [2.75, 3.05) is 59.5 Å². The van der Waals surface area contributed by atoms with E-state index in [9.17, 15) is 21.7 Å². The fraction of sp³-hybridized carbons (Fsp3) is 0.600. The number of benzene rings is 1. The van der Waals surface area contributed by atoms with Crippen molar-refractivity contribution in [1.29, 1.82) is 0 Å². The van der Waals surface area contributed by atoms with E-state index in [2.05, 4.69) is 0 Å². The van der Waals surface area contributed by atoms with Crippen LogP contribution in [0.4, 0.5) is 5.69 Å². The van der Waals surface area contributed by atoms with Crippen LogP contribution in [0.2, 0.25) is 0 Å². The number of sulfonamides is 1. The molecule has 12 heteroatoms. The summed E-state index contributed by atoms with van der Waals surface area (Å²) in [6, 6.07) is 5.78. The van der Waals surface area contributed by atoms with Gasteiger partial charge in [-0.3, -0.25) is 0 Å². The van der Waals surface area contributed by atoms with E-state index in [-0.39, 0.29) is 36.8 Å². The molecule has 0 radical (unpaired) electrons. The number of hydrogen-bond donors (Lipinski definition) is 0. The van der Waals surface area contributed by atoms with E-state index in [1.54, 1.807) is 0 Å². The predicted octanol–water partition coefficient (Wildman–Crippen LogP) is -0.390. The minimum absolute atomic E-state index is 0.0205. The van der Waals surface area contributed by atoms with Gasteiger partial charge in [-0.2, -0.15) is 21.3 Å². The first-order chi connectivity index (χ1) is 12.7. The van der Waals surface area contributed by atoms with Gasteiger partial charge < -0.3 is 4.74 Å². The van der Waals surface area contributed by atoms with Crippen LogP contribution in [0.25, 0.3) is 0 Å². The van der Waals surface area contributed by atoms with Crippen molar-refractivity contribution in [3.05, 3.63) is 29.2 Å². The molecule has 0 unspecified atom stereocenters. The SMILES string of the molecule is C[N+](=O)c1cccc(S(=O)(=O)N2CCN(S(=O)(=O)N3CCOCC3)CC2)c1. The van der Waals surface area contributed by atoms with Gasteiger partial charge in [0, 0.05) is 61.1 Å². The summed E-state index contributed by atoms with van der Waals surface area (Å²) in [4.78, 5) is 11.4. The molecular formula is C15H23N4O6S2+. The molecule has 2 heterocycles. The van der Waals surface area contributed by atoms with Crippen molar-refractivity contribution < 1.29 is 26.3 Å². The smallest absolute Gasteiger partial charge is 0.282 e. The molecule has 27 heavy (non-hydrogen) atoms. The molecule has 0 aliphatic carbocycles. The molecule has 0 saturated carbocycles. The molecule has 0 amide bonds. The molecule has 1 aromatic rings. The molecule has 0 bridgehead atoms. The number of ether oxygens (including phenoxy) is 1. The number of nitroso groups, excluding NO2 is 1. The first-order valence-electron chi connectivity index (χ1n) is 8.57. The lowest BCUT2D eigenvalue weighted by Crippen LogP contribution is -2.55. The van der Waals surface area contributed by atoms with Crippen molar-refractivity contribution in [2.24, 2.45) is 0 Å². The number of piperazine rings is 1. The topological polar surface area (TPSA) is 107 Å². The Bertz CT molecular complexity index is 904. The maximum absolute atomic E-state index is 12.8. The summed E-state index contributed by atoms with van der Waals surface area (Å²) in [7, 11) is -6.13. The zero-order valence-corrected chi connectivity index (χ0v) is 16.7. The minimum Gasteiger partial charge on any atom is -0.379 e. The molecule has 10 nitrogen and oxygen atoms in total. The van der Waals surface area contributed by atoms with Crippen LogP contribution in [0.5, 0.6) is 0 Å². The van der Waals surface area contributed by atoms with E-state index in [0.717, 1.165) is 0 Å². The first kappa shape index (κ1) is 20.3. The second kappa shape index (κ2) is 7.89. The Hall–Kier alpha value is -1.44. The first-order valence-corrected chi connectivity index (χ1v) is 11.4. The van der Waals surface area contributed by atoms with Crippen molar-refractivity contribution in [1.82, 2.24) is 12.9 Å². The van der Waals surface area contributed by atoms with Crippen LogP contribution in [0.15, 0.2) is 29.2 Å². The Morgan fingerprint density at radius 3 is 2.04 bits per heavy atom. The van der Waals surface area contributed by atoms with E-state index < -0.39 is 20.2 Å². The summed E-state index contributed by atoms with van der Waals surface area (Å²) in [6.07, 6.45) is 0. The van der Waals surface area contributed by atoms with Gasteiger partial charge in [-0.1, -0.05) is 6.07 Å². The van der Waals surface area contributed by atoms with Crippen LogP contribution < -0.4 is 0 Å². The average Bonchev–Trinajstić information content (AvgIpc) is 2.69. The second-order valence-electron chi connectivity index (χ2n) is 6.32. The van der Waals surface area contributed by atoms with Crippen LogP contribution in [0.3, 0.4) is 0 Å². The van der Waals surface area contributed by atoms with E-state index in [0.29, 0.717) is 31.1 Å². The molecule has 0 N–H and O–H groups in total. The Balaban J connectivity index is 1.71. The molecule has 2 fully saturated rings. The largest absolute Gasteiger partial charge is 0.379 e. The van der Waals surface area contributed by atoms with Gasteiger partial charge in [0.1, 0.15) is 0 Å². The highest BCUT2D eigenvalue weighted by Gasteiger charge is 2.36. The van der Waals surface area contributed by atoms with Gasteiger partial charge in [0.05, 0.1) is 18.1 Å². The highest BCUT2D eigenvalue weighted by atomic mass is 32.2. The van der Waals surface area contributed by atoms with Gasteiger partial charge in [-0.25, -0.2) is 8.42 Å². The second-order valence-corrected chi connectivity index (χ2v) is 10.2. The van der Waals surface area contributed by atoms with Crippen LogP contribution >= 0.6 is 0 Å². The summed E-state index contributed by atoms with van der Waals surface area (Å²) in [6.45, 7) is 1.61. The monoisotopic (exact) mass is 419 g/mol. The van der Waals surface area contributed by atoms with Gasteiger partial charge in [0.2, 0.25) is 10.0 Å². The highest BCUT2D eigenvalue weighted by molar-refractivity contribution is 7.89. The van der Waals surface area contributed by atoms with Crippen LogP contribution in [-0.2, 0) is 25.0 Å². The lowest BCUT2D eigenvalue weighted by atomic mass is 10.3. The fourth-order valence-electron chi connectivity index (χ4n) is 3.07. The van der Waals surface area contributed by atoms with E-state index >= 15 is 0 Å². The Kier molecular flexibility index (Phi) is 5.93. The van der Waals surface area contributed by atoms with Gasteiger partial charge in [0.15, 0.2) is 7.05 Å². The predicted molar refractivity (Wildman–Crippen MR) is 97.3 cm³/mol. The molecule has 0 aromatic heterocycles. The maximum Gasteiger partial charge on any atom is 0.282 e. The molecule has 1 aromatic carbocycles. The molecule has 3 rings (SSSR count). The maximum atomic E-state index is 12.8. The molecule has 0 atom stereocenters. The third kappa shape index (κ3) is 4.20. The lowest BCUT2D eigenvalue weighted by molar-refractivity contribution is -0.428. The van der Waals surface area contributed by atoms with Crippen molar-refractivity contribution in [3.8, 4) is 0 Å². The lowest BCUT2D eigenvalue weighted by Gasteiger charge is -2.37. The Labute approximate surface area is 159 Å². The number of morpholine rings is 1. The summed E-state index contributed by atoms with van der Waals surface area (Å²) < 4.78 is 60.7. The number of rotatable bonds is 5. The molecule has 0 spiro atoms. The Morgan fingerprint density at radius 2 is 1.44 bits per heavy atom. The average molecular weight is 420 g/mol. The molecule has 2 saturated heterocycles. The van der Waals surface area contributed by atoms with E-state index in [4.69, 9.17) is 4.74 Å². The molecule has 2 aliphatic heterocycles. The summed E-state index contributed by atoms with van der Waals surface area (Å²) >= 11 is 0. The van der Waals surface area contributed by atoms with Gasteiger partial charge in [-0.15, -0.1) is 0 Å². The highest BCUT2D eigenvalue weighted by Crippen LogP contribution is 2.23. The van der Waals surface area contributed by atoms with Gasteiger partial charge in [0.25, 0.3) is 15.9 Å². The summed E-state index contributed by atoms with van der Waals surface area (Å²) in [5, 5.41) is 0. The quantitative estimate of drug-likeness (QED) is 0.602. The minimum atomic E-state index is -3.80. The molecular weight excluding hydrogens is 396 g/mol. The van der Waals surface area contributed by atoms with Gasteiger partial charge >= 0.3 is 0 Å². The third-order valence-electron chi connectivity index (χ3n) is 4.64. The summed E-state index contributed by atoms with van der Waals surface area (Å²) in [5.41, 5.74) is 0.240. The molecule has 2 aliphatic rings. The van der Waals surface area contributed by atoms with Gasteiger partial charge in [-0.05, 0) is 6.07 Å². The third-order valence-corrected chi connectivity index (χ3v) is 8.57.